The molecule has 1 atom stereocenters. The van der Waals surface area contributed by atoms with E-state index in [0.29, 0.717) is 6.42 Å². The van der Waals surface area contributed by atoms with Crippen LogP contribution in [0.25, 0.3) is 0 Å². The standard InChI is InChI=1S/C14H13NOS/c16-14(9-11-5-3-7-17-11)13-8-10-4-1-2-6-12(10)15-13/h1-7,13,15H,8-9H2. The van der Waals surface area contributed by atoms with E-state index in [4.69, 9.17) is 0 Å². The largest absolute Gasteiger partial charge is 0.375 e. The number of ketones is 1. The normalized spacial score (nSPS) is 17.5. The van der Waals surface area contributed by atoms with Crippen LogP contribution >= 0.6 is 11.3 Å². The van der Waals surface area contributed by atoms with Crippen LogP contribution in [0.4, 0.5) is 5.69 Å². The van der Waals surface area contributed by atoms with Crippen LogP contribution < -0.4 is 5.32 Å². The van der Waals surface area contributed by atoms with Gasteiger partial charge in [0.1, 0.15) is 0 Å². The van der Waals surface area contributed by atoms with Gasteiger partial charge in [0, 0.05) is 23.4 Å². The van der Waals surface area contributed by atoms with Crippen LogP contribution in [-0.4, -0.2) is 11.8 Å². The van der Waals surface area contributed by atoms with Crippen LogP contribution in [0.5, 0.6) is 0 Å². The van der Waals surface area contributed by atoms with Crippen LogP contribution in [0.3, 0.4) is 0 Å². The van der Waals surface area contributed by atoms with Crippen LogP contribution in [0.1, 0.15) is 10.4 Å². The van der Waals surface area contributed by atoms with Gasteiger partial charge in [0.25, 0.3) is 0 Å². The van der Waals surface area contributed by atoms with Crippen molar-refractivity contribution in [1.29, 1.82) is 0 Å². The van der Waals surface area contributed by atoms with Crippen molar-refractivity contribution in [1.82, 2.24) is 0 Å². The van der Waals surface area contributed by atoms with Gasteiger partial charge in [-0.05, 0) is 23.1 Å². The lowest BCUT2D eigenvalue weighted by atomic mass is 10.0. The Bertz CT molecular complexity index is 508. The molecule has 2 heterocycles. The van der Waals surface area contributed by atoms with Crippen molar-refractivity contribution in [2.75, 3.05) is 5.32 Å². The molecule has 0 saturated carbocycles. The van der Waals surface area contributed by atoms with Gasteiger partial charge in [0.15, 0.2) is 5.78 Å². The van der Waals surface area contributed by atoms with Crippen molar-refractivity contribution in [3.63, 3.8) is 0 Å². The van der Waals surface area contributed by atoms with Gasteiger partial charge >= 0.3 is 0 Å². The minimum atomic E-state index is -0.0468. The lowest BCUT2D eigenvalue weighted by Gasteiger charge is -2.08. The summed E-state index contributed by atoms with van der Waals surface area (Å²) in [5.41, 5.74) is 2.36. The SMILES string of the molecule is O=C(Cc1cccs1)C1Cc2ccccc2N1. The summed E-state index contributed by atoms with van der Waals surface area (Å²) in [4.78, 5) is 13.3. The average molecular weight is 243 g/mol. The summed E-state index contributed by atoms with van der Waals surface area (Å²) >= 11 is 1.65. The summed E-state index contributed by atoms with van der Waals surface area (Å²) < 4.78 is 0. The first-order valence-electron chi connectivity index (χ1n) is 5.72. The maximum absolute atomic E-state index is 12.1. The van der Waals surface area contributed by atoms with E-state index in [9.17, 15) is 4.79 Å². The number of thiophene rings is 1. The summed E-state index contributed by atoms with van der Waals surface area (Å²) in [6.07, 6.45) is 1.36. The third kappa shape index (κ3) is 2.11. The number of Topliss-reactive ketones (excluding diaryl/α,β-unsaturated/α-hetero) is 1. The average Bonchev–Trinajstić information content (AvgIpc) is 2.96. The van der Waals surface area contributed by atoms with Gasteiger partial charge < -0.3 is 5.32 Å². The Morgan fingerprint density at radius 3 is 2.94 bits per heavy atom. The van der Waals surface area contributed by atoms with Gasteiger partial charge in [-0.3, -0.25) is 4.79 Å². The highest BCUT2D eigenvalue weighted by Crippen LogP contribution is 2.26. The molecule has 1 N–H and O–H groups in total. The van der Waals surface area contributed by atoms with Crippen molar-refractivity contribution < 1.29 is 4.79 Å². The molecule has 3 rings (SSSR count). The molecule has 1 aliphatic heterocycles. The highest BCUT2D eigenvalue weighted by Gasteiger charge is 2.26. The van der Waals surface area contributed by atoms with E-state index in [1.54, 1.807) is 11.3 Å². The zero-order chi connectivity index (χ0) is 11.7. The first kappa shape index (κ1) is 10.5. The molecule has 1 aromatic carbocycles. The van der Waals surface area contributed by atoms with E-state index < -0.39 is 0 Å². The number of hydrogen-bond donors (Lipinski definition) is 1. The maximum atomic E-state index is 12.1. The Kier molecular flexibility index (Phi) is 2.69. The molecule has 2 aromatic rings. The molecule has 0 aliphatic carbocycles. The molecule has 1 aromatic heterocycles. The second kappa shape index (κ2) is 4.34. The Balaban J connectivity index is 1.70. The molecule has 0 bridgehead atoms. The lowest BCUT2D eigenvalue weighted by Crippen LogP contribution is -2.28. The predicted molar refractivity (Wildman–Crippen MR) is 70.6 cm³/mol. The number of carbonyl (C=O) groups is 1. The molecule has 0 amide bonds. The minimum absolute atomic E-state index is 0.0468. The van der Waals surface area contributed by atoms with E-state index in [1.807, 2.05) is 35.7 Å². The Morgan fingerprint density at radius 1 is 1.29 bits per heavy atom. The number of carbonyl (C=O) groups excluding carboxylic acids is 1. The van der Waals surface area contributed by atoms with Crippen molar-refractivity contribution >= 4 is 22.8 Å². The third-order valence-electron chi connectivity index (χ3n) is 3.09. The molecule has 3 heteroatoms. The van der Waals surface area contributed by atoms with E-state index >= 15 is 0 Å². The van der Waals surface area contributed by atoms with Gasteiger partial charge in [-0.15, -0.1) is 11.3 Å². The summed E-state index contributed by atoms with van der Waals surface area (Å²) in [7, 11) is 0. The molecule has 0 spiro atoms. The zero-order valence-electron chi connectivity index (χ0n) is 9.35. The predicted octanol–water partition coefficient (Wildman–Crippen LogP) is 2.90. The first-order valence-corrected chi connectivity index (χ1v) is 6.60. The van der Waals surface area contributed by atoms with Crippen LogP contribution in [0, 0.1) is 0 Å². The molecule has 1 aliphatic rings. The quantitative estimate of drug-likeness (QED) is 0.898. The van der Waals surface area contributed by atoms with Crippen molar-refractivity contribution in [2.24, 2.45) is 0 Å². The molecule has 0 fully saturated rings. The maximum Gasteiger partial charge on any atom is 0.160 e. The fraction of sp³-hybridized carbons (Fsp3) is 0.214. The van der Waals surface area contributed by atoms with Gasteiger partial charge in [-0.1, -0.05) is 24.3 Å². The van der Waals surface area contributed by atoms with Crippen molar-refractivity contribution in [3.05, 3.63) is 52.2 Å². The summed E-state index contributed by atoms with van der Waals surface area (Å²) in [5.74, 6) is 0.281. The highest BCUT2D eigenvalue weighted by atomic mass is 32.1. The van der Waals surface area contributed by atoms with Gasteiger partial charge in [0.2, 0.25) is 0 Å². The summed E-state index contributed by atoms with van der Waals surface area (Å²) in [6, 6.07) is 12.1. The Hall–Kier alpha value is -1.61. The second-order valence-electron chi connectivity index (χ2n) is 4.28. The smallest absolute Gasteiger partial charge is 0.160 e. The Morgan fingerprint density at radius 2 is 2.18 bits per heavy atom. The molecule has 0 radical (unpaired) electrons. The summed E-state index contributed by atoms with van der Waals surface area (Å²) in [5, 5.41) is 5.32. The van der Waals surface area contributed by atoms with E-state index in [2.05, 4.69) is 11.4 Å². The number of hydrogen-bond acceptors (Lipinski definition) is 3. The fourth-order valence-electron chi connectivity index (χ4n) is 2.20. The molecule has 1 unspecified atom stereocenters. The first-order chi connectivity index (χ1) is 8.33. The number of benzene rings is 1. The minimum Gasteiger partial charge on any atom is -0.375 e. The molecule has 2 nitrogen and oxygen atoms in total. The van der Waals surface area contributed by atoms with Crippen molar-refractivity contribution in [3.8, 4) is 0 Å². The molecule has 17 heavy (non-hydrogen) atoms. The fourth-order valence-corrected chi connectivity index (χ4v) is 2.91. The van der Waals surface area contributed by atoms with E-state index in [0.717, 1.165) is 17.0 Å². The number of rotatable bonds is 3. The highest BCUT2D eigenvalue weighted by molar-refractivity contribution is 7.10. The Labute approximate surface area is 104 Å². The monoisotopic (exact) mass is 243 g/mol. The number of nitrogens with one attached hydrogen (secondary N) is 1. The third-order valence-corrected chi connectivity index (χ3v) is 3.96. The molecular weight excluding hydrogens is 230 g/mol. The van der Waals surface area contributed by atoms with Gasteiger partial charge in [0.05, 0.1) is 6.04 Å². The van der Waals surface area contributed by atoms with Crippen molar-refractivity contribution in [2.45, 2.75) is 18.9 Å². The number of para-hydroxylation sites is 1. The molecular formula is C14H13NOS. The van der Waals surface area contributed by atoms with Gasteiger partial charge in [-0.2, -0.15) is 0 Å². The van der Waals surface area contributed by atoms with Gasteiger partial charge in [-0.25, -0.2) is 0 Å². The number of anilines is 1. The lowest BCUT2D eigenvalue weighted by molar-refractivity contribution is -0.119. The molecule has 86 valence electrons. The van der Waals surface area contributed by atoms with E-state index in [-0.39, 0.29) is 11.8 Å². The summed E-state index contributed by atoms with van der Waals surface area (Å²) in [6.45, 7) is 0. The second-order valence-corrected chi connectivity index (χ2v) is 5.31. The topological polar surface area (TPSA) is 29.1 Å². The van der Waals surface area contributed by atoms with Crippen LogP contribution in [0.2, 0.25) is 0 Å². The van der Waals surface area contributed by atoms with Crippen LogP contribution in [-0.2, 0) is 17.6 Å². The van der Waals surface area contributed by atoms with Crippen LogP contribution in [0.15, 0.2) is 41.8 Å². The zero-order valence-corrected chi connectivity index (χ0v) is 10.2. The van der Waals surface area contributed by atoms with E-state index in [1.165, 1.54) is 5.56 Å². The molecule has 0 saturated heterocycles. The number of fused-ring (bicyclic) bond motifs is 1.